The first-order valence-electron chi connectivity index (χ1n) is 8.44. The zero-order valence-corrected chi connectivity index (χ0v) is 16.3. The molecular formula is C17H19N5O3S2. The summed E-state index contributed by atoms with van der Waals surface area (Å²) in [6.07, 6.45) is 2.96. The van der Waals surface area contributed by atoms with Crippen molar-refractivity contribution in [1.82, 2.24) is 10.2 Å². The predicted molar refractivity (Wildman–Crippen MR) is 106 cm³/mol. The van der Waals surface area contributed by atoms with Gasteiger partial charge in [-0.25, -0.2) is 0 Å². The third-order valence-corrected chi connectivity index (χ3v) is 5.90. The van der Waals surface area contributed by atoms with Crippen LogP contribution in [-0.2, 0) is 14.4 Å². The van der Waals surface area contributed by atoms with Crippen LogP contribution in [0.25, 0.3) is 0 Å². The van der Waals surface area contributed by atoms with Crippen LogP contribution in [-0.4, -0.2) is 33.7 Å². The van der Waals surface area contributed by atoms with E-state index in [0.717, 1.165) is 19.3 Å². The zero-order valence-electron chi connectivity index (χ0n) is 14.7. The van der Waals surface area contributed by atoms with Gasteiger partial charge >= 0.3 is 0 Å². The molecule has 0 saturated heterocycles. The third kappa shape index (κ3) is 5.76. The molecular weight excluding hydrogens is 386 g/mol. The maximum atomic E-state index is 12.1. The van der Waals surface area contributed by atoms with Gasteiger partial charge in [0.25, 0.3) is 0 Å². The van der Waals surface area contributed by atoms with Crippen LogP contribution in [0.2, 0.25) is 0 Å². The Kier molecular flexibility index (Phi) is 6.40. The Morgan fingerprint density at radius 1 is 1.07 bits per heavy atom. The van der Waals surface area contributed by atoms with E-state index in [-0.39, 0.29) is 29.4 Å². The van der Waals surface area contributed by atoms with Gasteiger partial charge in [0.1, 0.15) is 0 Å². The Morgan fingerprint density at radius 3 is 2.33 bits per heavy atom. The van der Waals surface area contributed by atoms with Crippen molar-refractivity contribution >= 4 is 57.3 Å². The van der Waals surface area contributed by atoms with Crippen molar-refractivity contribution < 1.29 is 14.4 Å². The number of thioether (sulfide) groups is 1. The minimum Gasteiger partial charge on any atom is -0.326 e. The number of rotatable bonds is 7. The molecule has 1 aliphatic rings. The molecule has 8 nitrogen and oxygen atoms in total. The van der Waals surface area contributed by atoms with Gasteiger partial charge < -0.3 is 16.0 Å². The molecule has 1 aromatic heterocycles. The number of hydrogen-bond acceptors (Lipinski definition) is 7. The lowest BCUT2D eigenvalue weighted by molar-refractivity contribution is -0.122. The quantitative estimate of drug-likeness (QED) is 0.482. The second kappa shape index (κ2) is 8.96. The number of amides is 3. The highest BCUT2D eigenvalue weighted by atomic mass is 32.2. The van der Waals surface area contributed by atoms with E-state index < -0.39 is 0 Å². The molecule has 0 aliphatic heterocycles. The molecule has 3 amide bonds. The maximum absolute atomic E-state index is 12.1. The number of carbonyl (C=O) groups is 3. The lowest BCUT2D eigenvalue weighted by atomic mass is 9.85. The van der Waals surface area contributed by atoms with Gasteiger partial charge in [0.05, 0.1) is 5.75 Å². The fourth-order valence-electron chi connectivity index (χ4n) is 2.36. The van der Waals surface area contributed by atoms with E-state index in [0.29, 0.717) is 20.8 Å². The van der Waals surface area contributed by atoms with Gasteiger partial charge in [-0.3, -0.25) is 14.4 Å². The molecule has 1 saturated carbocycles. The molecule has 0 bridgehead atoms. The van der Waals surface area contributed by atoms with E-state index >= 15 is 0 Å². The zero-order chi connectivity index (χ0) is 19.2. The number of anilines is 3. The van der Waals surface area contributed by atoms with Crippen LogP contribution < -0.4 is 16.0 Å². The van der Waals surface area contributed by atoms with Gasteiger partial charge in [-0.2, -0.15) is 0 Å². The highest BCUT2D eigenvalue weighted by Gasteiger charge is 2.26. The first-order chi connectivity index (χ1) is 13.0. The summed E-state index contributed by atoms with van der Waals surface area (Å²) in [5, 5.41) is 16.6. The van der Waals surface area contributed by atoms with Gasteiger partial charge in [-0.15, -0.1) is 10.2 Å². The average Bonchev–Trinajstić information content (AvgIpc) is 3.00. The predicted octanol–water partition coefficient (Wildman–Crippen LogP) is 2.97. The fourth-order valence-corrected chi connectivity index (χ4v) is 3.92. The van der Waals surface area contributed by atoms with Crippen molar-refractivity contribution in [1.29, 1.82) is 0 Å². The normalized spacial score (nSPS) is 13.5. The molecule has 3 rings (SSSR count). The van der Waals surface area contributed by atoms with E-state index in [9.17, 15) is 14.4 Å². The number of nitrogens with one attached hydrogen (secondary N) is 3. The van der Waals surface area contributed by atoms with Crippen LogP contribution in [0.5, 0.6) is 0 Å². The molecule has 2 aromatic rings. The first-order valence-corrected chi connectivity index (χ1v) is 10.2. The van der Waals surface area contributed by atoms with Gasteiger partial charge in [0.2, 0.25) is 22.9 Å². The van der Waals surface area contributed by atoms with Crippen molar-refractivity contribution in [3.05, 3.63) is 24.3 Å². The Hall–Kier alpha value is -2.46. The summed E-state index contributed by atoms with van der Waals surface area (Å²) in [5.41, 5.74) is 1.31. The molecule has 142 valence electrons. The lowest BCUT2D eigenvalue weighted by Gasteiger charge is -2.23. The topological polar surface area (TPSA) is 113 Å². The van der Waals surface area contributed by atoms with E-state index in [4.69, 9.17) is 0 Å². The van der Waals surface area contributed by atoms with Crippen LogP contribution >= 0.6 is 23.1 Å². The SMILES string of the molecule is CC(=O)Nc1ccc(NC(=O)CSc2nnc(NC(=O)C3CCC3)s2)cc1. The van der Waals surface area contributed by atoms with Crippen molar-refractivity contribution in [2.45, 2.75) is 30.5 Å². The first kappa shape index (κ1) is 19.3. The summed E-state index contributed by atoms with van der Waals surface area (Å²) in [6, 6.07) is 6.86. The van der Waals surface area contributed by atoms with Gasteiger partial charge in [0, 0.05) is 24.2 Å². The number of nitrogens with zero attached hydrogens (tertiary/aromatic N) is 2. The summed E-state index contributed by atoms with van der Waals surface area (Å²) in [5.74, 6) is -0.0632. The minimum atomic E-state index is -0.178. The van der Waals surface area contributed by atoms with Gasteiger partial charge in [-0.05, 0) is 37.1 Å². The van der Waals surface area contributed by atoms with Crippen molar-refractivity contribution in [2.24, 2.45) is 5.92 Å². The van der Waals surface area contributed by atoms with Crippen LogP contribution in [0.3, 0.4) is 0 Å². The summed E-state index contributed by atoms with van der Waals surface area (Å²) in [6.45, 7) is 1.44. The van der Waals surface area contributed by atoms with Crippen LogP contribution in [0.1, 0.15) is 26.2 Å². The second-order valence-corrected chi connectivity index (χ2v) is 8.29. The molecule has 0 radical (unpaired) electrons. The Balaban J connectivity index is 1.43. The lowest BCUT2D eigenvalue weighted by Crippen LogP contribution is -2.27. The van der Waals surface area contributed by atoms with Gasteiger partial charge in [0.15, 0.2) is 4.34 Å². The fraction of sp³-hybridized carbons (Fsp3) is 0.353. The number of benzene rings is 1. The largest absolute Gasteiger partial charge is 0.326 e. The molecule has 27 heavy (non-hydrogen) atoms. The summed E-state index contributed by atoms with van der Waals surface area (Å²) in [4.78, 5) is 34.9. The van der Waals surface area contributed by atoms with Crippen molar-refractivity contribution in [3.8, 4) is 0 Å². The molecule has 1 fully saturated rings. The van der Waals surface area contributed by atoms with E-state index in [2.05, 4.69) is 26.1 Å². The van der Waals surface area contributed by atoms with Crippen LogP contribution in [0.15, 0.2) is 28.6 Å². The summed E-state index contributed by atoms with van der Waals surface area (Å²) >= 11 is 2.52. The molecule has 0 atom stereocenters. The van der Waals surface area contributed by atoms with E-state index in [1.165, 1.54) is 30.0 Å². The molecule has 0 unspecified atom stereocenters. The Labute approximate surface area is 164 Å². The highest BCUT2D eigenvalue weighted by molar-refractivity contribution is 8.01. The molecule has 0 spiro atoms. The van der Waals surface area contributed by atoms with Crippen molar-refractivity contribution in [3.63, 3.8) is 0 Å². The van der Waals surface area contributed by atoms with Crippen LogP contribution in [0, 0.1) is 5.92 Å². The van der Waals surface area contributed by atoms with Crippen molar-refractivity contribution in [2.75, 3.05) is 21.7 Å². The second-order valence-electron chi connectivity index (χ2n) is 6.09. The molecule has 3 N–H and O–H groups in total. The standard InChI is InChI=1S/C17H19N5O3S2/c1-10(23)18-12-5-7-13(8-6-12)19-14(24)9-26-17-22-21-16(27-17)20-15(25)11-3-2-4-11/h5-8,11H,2-4,9H2,1H3,(H,18,23)(H,19,24)(H,20,21,25). The monoisotopic (exact) mass is 405 g/mol. The Bertz CT molecular complexity index is 833. The van der Waals surface area contributed by atoms with E-state index in [1.807, 2.05) is 0 Å². The number of hydrogen-bond donors (Lipinski definition) is 3. The summed E-state index contributed by atoms with van der Waals surface area (Å²) in [7, 11) is 0. The van der Waals surface area contributed by atoms with Gasteiger partial charge in [-0.1, -0.05) is 29.5 Å². The minimum absolute atomic E-state index is 0.00518. The Morgan fingerprint density at radius 2 is 1.74 bits per heavy atom. The molecule has 1 aliphatic carbocycles. The number of carbonyl (C=O) groups excluding carboxylic acids is 3. The molecule has 1 heterocycles. The highest BCUT2D eigenvalue weighted by Crippen LogP contribution is 2.30. The average molecular weight is 406 g/mol. The molecule has 10 heteroatoms. The van der Waals surface area contributed by atoms with E-state index in [1.54, 1.807) is 24.3 Å². The smallest absolute Gasteiger partial charge is 0.234 e. The summed E-state index contributed by atoms with van der Waals surface area (Å²) < 4.78 is 0.620. The maximum Gasteiger partial charge on any atom is 0.234 e. The number of aromatic nitrogens is 2. The third-order valence-electron chi connectivity index (χ3n) is 3.93. The molecule has 1 aromatic carbocycles. The van der Waals surface area contributed by atoms with Crippen LogP contribution in [0.4, 0.5) is 16.5 Å².